The Morgan fingerprint density at radius 1 is 1.59 bits per heavy atom. The van der Waals surface area contributed by atoms with Gasteiger partial charge < -0.3 is 16.2 Å². The number of carbonyl (C=O) groups is 1. The molecule has 1 aromatic carbocycles. The summed E-state index contributed by atoms with van der Waals surface area (Å²) in [4.78, 5) is 11.9. The lowest BCUT2D eigenvalue weighted by molar-refractivity contribution is 0.0848. The molecule has 1 unspecified atom stereocenters. The summed E-state index contributed by atoms with van der Waals surface area (Å²) in [6.07, 6.45) is 0.580. The highest BCUT2D eigenvalue weighted by molar-refractivity contribution is 5.99. The molecule has 1 rings (SSSR count). The van der Waals surface area contributed by atoms with Crippen molar-refractivity contribution >= 4 is 11.6 Å². The number of amides is 1. The summed E-state index contributed by atoms with van der Waals surface area (Å²) in [6.45, 7) is 3.41. The predicted octanol–water partition coefficient (Wildman–Crippen LogP) is 1.30. The van der Waals surface area contributed by atoms with Gasteiger partial charge in [-0.25, -0.2) is 4.39 Å². The lowest BCUT2D eigenvalue weighted by Gasteiger charge is -2.27. The van der Waals surface area contributed by atoms with Gasteiger partial charge in [-0.05, 0) is 31.5 Å². The van der Waals surface area contributed by atoms with Gasteiger partial charge in [-0.15, -0.1) is 0 Å². The van der Waals surface area contributed by atoms with Crippen LogP contribution in [0.1, 0.15) is 30.6 Å². The largest absolute Gasteiger partial charge is 0.398 e. The number of hydrogen-bond acceptors (Lipinski definition) is 3. The van der Waals surface area contributed by atoms with Crippen LogP contribution in [0.25, 0.3) is 0 Å². The van der Waals surface area contributed by atoms with E-state index >= 15 is 0 Å². The zero-order chi connectivity index (χ0) is 13.1. The van der Waals surface area contributed by atoms with Crippen molar-refractivity contribution in [3.05, 3.63) is 29.6 Å². The highest BCUT2D eigenvalue weighted by Crippen LogP contribution is 2.15. The monoisotopic (exact) mass is 240 g/mol. The van der Waals surface area contributed by atoms with E-state index in [2.05, 4.69) is 5.32 Å². The summed E-state index contributed by atoms with van der Waals surface area (Å²) in [7, 11) is 0. The zero-order valence-electron chi connectivity index (χ0n) is 9.96. The van der Waals surface area contributed by atoms with Crippen molar-refractivity contribution in [2.45, 2.75) is 25.8 Å². The van der Waals surface area contributed by atoms with Crippen LogP contribution in [-0.4, -0.2) is 23.2 Å². The first-order chi connectivity index (χ1) is 7.91. The lowest BCUT2D eigenvalue weighted by Crippen LogP contribution is -2.48. The molecule has 17 heavy (non-hydrogen) atoms. The van der Waals surface area contributed by atoms with Gasteiger partial charge in [-0.2, -0.15) is 0 Å². The minimum absolute atomic E-state index is 0.0823. The second-order valence-electron chi connectivity index (χ2n) is 4.26. The fraction of sp³-hybridized carbons (Fsp3) is 0.417. The molecule has 1 atom stereocenters. The van der Waals surface area contributed by atoms with Crippen LogP contribution in [0.5, 0.6) is 0 Å². The van der Waals surface area contributed by atoms with Crippen LogP contribution in [0.2, 0.25) is 0 Å². The van der Waals surface area contributed by atoms with E-state index < -0.39 is 17.3 Å². The van der Waals surface area contributed by atoms with Crippen molar-refractivity contribution in [2.75, 3.05) is 12.3 Å². The van der Waals surface area contributed by atoms with Crippen molar-refractivity contribution < 1.29 is 14.3 Å². The number of rotatable bonds is 4. The van der Waals surface area contributed by atoms with E-state index in [1.165, 1.54) is 12.1 Å². The Kier molecular flexibility index (Phi) is 4.07. The van der Waals surface area contributed by atoms with Gasteiger partial charge in [-0.1, -0.05) is 6.92 Å². The molecule has 0 aliphatic carbocycles. The van der Waals surface area contributed by atoms with Crippen LogP contribution >= 0.6 is 0 Å². The van der Waals surface area contributed by atoms with E-state index in [9.17, 15) is 14.3 Å². The molecule has 4 nitrogen and oxygen atoms in total. The number of anilines is 1. The summed E-state index contributed by atoms with van der Waals surface area (Å²) in [5.74, 6) is -0.902. The number of carbonyl (C=O) groups excluding carboxylic acids is 1. The first-order valence-corrected chi connectivity index (χ1v) is 5.40. The smallest absolute Gasteiger partial charge is 0.253 e. The molecule has 1 aromatic rings. The Morgan fingerprint density at radius 2 is 2.24 bits per heavy atom. The van der Waals surface area contributed by atoms with Crippen molar-refractivity contribution in [2.24, 2.45) is 0 Å². The molecule has 4 N–H and O–H groups in total. The zero-order valence-corrected chi connectivity index (χ0v) is 9.96. The molecule has 0 aliphatic heterocycles. The number of nitrogens with two attached hydrogens (primary N) is 1. The average molecular weight is 240 g/mol. The topological polar surface area (TPSA) is 75.3 Å². The van der Waals surface area contributed by atoms with E-state index in [1.54, 1.807) is 6.92 Å². The highest BCUT2D eigenvalue weighted by Gasteiger charge is 2.24. The maximum absolute atomic E-state index is 12.8. The average Bonchev–Trinajstić information content (AvgIpc) is 2.28. The van der Waals surface area contributed by atoms with E-state index in [1.807, 2.05) is 6.92 Å². The van der Waals surface area contributed by atoms with E-state index in [0.29, 0.717) is 6.42 Å². The van der Waals surface area contributed by atoms with Gasteiger partial charge in [0.05, 0.1) is 17.7 Å². The fourth-order valence-electron chi connectivity index (χ4n) is 1.32. The Morgan fingerprint density at radius 3 is 2.71 bits per heavy atom. The van der Waals surface area contributed by atoms with Gasteiger partial charge in [0.1, 0.15) is 5.82 Å². The number of hydrogen-bond donors (Lipinski definition) is 3. The summed E-state index contributed by atoms with van der Waals surface area (Å²) >= 11 is 0. The molecule has 0 radical (unpaired) electrons. The highest BCUT2D eigenvalue weighted by atomic mass is 19.1. The summed E-state index contributed by atoms with van der Waals surface area (Å²) < 4.78 is 12.8. The number of nitrogen functional groups attached to an aromatic ring is 1. The third-order valence-electron chi connectivity index (χ3n) is 2.80. The quantitative estimate of drug-likeness (QED) is 0.694. The molecule has 0 bridgehead atoms. The van der Waals surface area contributed by atoms with Gasteiger partial charge in [0.25, 0.3) is 5.91 Å². The molecule has 0 spiro atoms. The summed E-state index contributed by atoms with van der Waals surface area (Å²) in [5, 5.41) is 11.9. The normalized spacial score (nSPS) is 14.1. The fourth-order valence-corrected chi connectivity index (χ4v) is 1.32. The van der Waals surface area contributed by atoms with Gasteiger partial charge in [-0.3, -0.25) is 4.79 Å². The van der Waals surface area contributed by atoms with Crippen molar-refractivity contribution in [1.29, 1.82) is 0 Å². The molecule has 0 heterocycles. The first kappa shape index (κ1) is 13.4. The molecule has 0 saturated carbocycles. The molecule has 5 heteroatoms. The number of benzene rings is 1. The van der Waals surface area contributed by atoms with Crippen molar-refractivity contribution in [3.63, 3.8) is 0 Å². The minimum Gasteiger partial charge on any atom is -0.398 e. The Balaban J connectivity index is 2.90. The third-order valence-corrected chi connectivity index (χ3v) is 2.80. The number of aliphatic hydroxyl groups excluding tert-OH is 1. The molecular formula is C12H17FN2O2. The Labute approximate surface area is 99.6 Å². The Bertz CT molecular complexity index is 417. The Hall–Kier alpha value is -1.62. The van der Waals surface area contributed by atoms with Crippen LogP contribution in [0.3, 0.4) is 0 Å². The molecule has 0 saturated heterocycles. The standard InChI is InChI=1S/C12H17FN2O2/c1-3-12(2,7-16)15-11(17)9-5-4-8(13)6-10(9)14/h4-6,16H,3,7,14H2,1-2H3,(H,15,17). The second kappa shape index (κ2) is 5.14. The van der Waals surface area contributed by atoms with E-state index in [-0.39, 0.29) is 17.9 Å². The molecule has 94 valence electrons. The van der Waals surface area contributed by atoms with Crippen molar-refractivity contribution in [1.82, 2.24) is 5.32 Å². The molecule has 1 amide bonds. The summed E-state index contributed by atoms with van der Waals surface area (Å²) in [6, 6.07) is 3.60. The van der Waals surface area contributed by atoms with Crippen LogP contribution in [0.4, 0.5) is 10.1 Å². The van der Waals surface area contributed by atoms with Gasteiger partial charge in [0.2, 0.25) is 0 Å². The molecule has 0 aliphatic rings. The van der Waals surface area contributed by atoms with E-state index in [4.69, 9.17) is 5.73 Å². The van der Waals surface area contributed by atoms with Crippen LogP contribution < -0.4 is 11.1 Å². The first-order valence-electron chi connectivity index (χ1n) is 5.40. The molecular weight excluding hydrogens is 223 g/mol. The minimum atomic E-state index is -0.697. The van der Waals surface area contributed by atoms with Crippen LogP contribution in [-0.2, 0) is 0 Å². The summed E-state index contributed by atoms with van der Waals surface area (Å²) in [5.41, 5.74) is 5.15. The maximum Gasteiger partial charge on any atom is 0.253 e. The van der Waals surface area contributed by atoms with Crippen molar-refractivity contribution in [3.8, 4) is 0 Å². The van der Waals surface area contributed by atoms with E-state index in [0.717, 1.165) is 6.07 Å². The lowest BCUT2D eigenvalue weighted by atomic mass is 9.99. The third kappa shape index (κ3) is 3.17. The molecule has 0 aromatic heterocycles. The maximum atomic E-state index is 12.8. The van der Waals surface area contributed by atoms with Gasteiger partial charge in [0.15, 0.2) is 0 Å². The van der Waals surface area contributed by atoms with Crippen LogP contribution in [0, 0.1) is 5.82 Å². The number of halogens is 1. The molecule has 0 fully saturated rings. The van der Waals surface area contributed by atoms with Crippen LogP contribution in [0.15, 0.2) is 18.2 Å². The number of nitrogens with one attached hydrogen (secondary N) is 1. The second-order valence-corrected chi connectivity index (χ2v) is 4.26. The number of aliphatic hydroxyl groups is 1. The predicted molar refractivity (Wildman–Crippen MR) is 64.1 cm³/mol. The van der Waals surface area contributed by atoms with Gasteiger partial charge in [0, 0.05) is 5.69 Å². The van der Waals surface area contributed by atoms with Gasteiger partial charge >= 0.3 is 0 Å². The SMILES string of the molecule is CCC(C)(CO)NC(=O)c1ccc(F)cc1N.